The summed E-state index contributed by atoms with van der Waals surface area (Å²) in [6, 6.07) is 16.5. The van der Waals surface area contributed by atoms with Gasteiger partial charge in [0.2, 0.25) is 0 Å². The number of piperidine rings is 1. The Morgan fingerprint density at radius 2 is 1.60 bits per heavy atom. The van der Waals surface area contributed by atoms with Crippen LogP contribution in [0.4, 0.5) is 5.82 Å². The summed E-state index contributed by atoms with van der Waals surface area (Å²) in [5, 5.41) is 10.7. The average Bonchev–Trinajstić information content (AvgIpc) is 3.12. The van der Waals surface area contributed by atoms with Gasteiger partial charge in [0, 0.05) is 18.7 Å². The van der Waals surface area contributed by atoms with Crippen molar-refractivity contribution in [2.24, 2.45) is 5.41 Å². The number of fused-ring (bicyclic) bond motifs is 1. The van der Waals surface area contributed by atoms with Gasteiger partial charge in [-0.2, -0.15) is 0 Å². The Labute approximate surface area is 182 Å². The van der Waals surface area contributed by atoms with Crippen LogP contribution in [0.3, 0.4) is 0 Å². The van der Waals surface area contributed by atoms with Gasteiger partial charge in [0.25, 0.3) is 0 Å². The van der Waals surface area contributed by atoms with E-state index in [0.717, 1.165) is 48.7 Å². The van der Waals surface area contributed by atoms with Crippen LogP contribution >= 0.6 is 11.6 Å². The third kappa shape index (κ3) is 3.38. The molecular formula is C25H26ClN3O. The second-order valence-electron chi connectivity index (χ2n) is 8.68. The van der Waals surface area contributed by atoms with Crippen molar-refractivity contribution in [1.82, 2.24) is 9.97 Å². The van der Waals surface area contributed by atoms with Crippen molar-refractivity contribution >= 4 is 17.4 Å². The van der Waals surface area contributed by atoms with Gasteiger partial charge in [0.05, 0.1) is 23.0 Å². The molecule has 1 aliphatic carbocycles. The molecule has 1 spiro atoms. The summed E-state index contributed by atoms with van der Waals surface area (Å²) in [5.74, 6) is 0.816. The fourth-order valence-corrected chi connectivity index (χ4v) is 5.35. The van der Waals surface area contributed by atoms with Crippen LogP contribution in [0.5, 0.6) is 0 Å². The number of aliphatic hydroxyl groups excluding tert-OH is 1. The largest absolute Gasteiger partial charge is 0.390 e. The molecule has 4 nitrogen and oxygen atoms in total. The lowest BCUT2D eigenvalue weighted by Crippen LogP contribution is -2.41. The molecule has 3 aromatic rings. The summed E-state index contributed by atoms with van der Waals surface area (Å²) >= 11 is 6.38. The molecule has 1 aliphatic heterocycles. The second-order valence-corrected chi connectivity index (χ2v) is 9.08. The maximum Gasteiger partial charge on any atom is 0.153 e. The van der Waals surface area contributed by atoms with E-state index in [-0.39, 0.29) is 6.61 Å². The Hall–Kier alpha value is -2.43. The molecule has 0 atom stereocenters. The quantitative estimate of drug-likeness (QED) is 0.650. The van der Waals surface area contributed by atoms with Crippen molar-refractivity contribution in [2.75, 3.05) is 18.0 Å². The number of benzene rings is 2. The van der Waals surface area contributed by atoms with Crippen LogP contribution in [0.15, 0.2) is 48.5 Å². The second kappa shape index (κ2) is 7.68. The van der Waals surface area contributed by atoms with Crippen LogP contribution in [0.25, 0.3) is 11.3 Å². The van der Waals surface area contributed by atoms with Crippen LogP contribution in [-0.2, 0) is 19.4 Å². The lowest BCUT2D eigenvalue weighted by Gasteiger charge is -2.40. The van der Waals surface area contributed by atoms with Gasteiger partial charge in [-0.15, -0.1) is 0 Å². The number of aromatic nitrogens is 2. The Kier molecular flexibility index (Phi) is 5.00. The minimum Gasteiger partial charge on any atom is -0.390 e. The maximum absolute atomic E-state index is 10.0. The van der Waals surface area contributed by atoms with Crippen LogP contribution in [0.1, 0.15) is 35.4 Å². The van der Waals surface area contributed by atoms with Gasteiger partial charge < -0.3 is 10.0 Å². The Balaban J connectivity index is 1.39. The average molecular weight is 420 g/mol. The molecule has 1 fully saturated rings. The number of rotatable bonds is 3. The van der Waals surface area contributed by atoms with E-state index in [9.17, 15) is 5.11 Å². The molecule has 2 heterocycles. The van der Waals surface area contributed by atoms with E-state index in [0.29, 0.717) is 16.1 Å². The molecule has 154 valence electrons. The highest BCUT2D eigenvalue weighted by Gasteiger charge is 2.40. The van der Waals surface area contributed by atoms with Gasteiger partial charge >= 0.3 is 0 Å². The maximum atomic E-state index is 10.0. The summed E-state index contributed by atoms with van der Waals surface area (Å²) < 4.78 is 0. The zero-order chi connectivity index (χ0) is 20.7. The SMILES string of the molecule is Cc1nc(N2CCC3(CC2)Cc2ccccc2C3)c(CO)nc1-c1ccccc1Cl. The number of nitrogens with zero attached hydrogens (tertiary/aromatic N) is 3. The monoisotopic (exact) mass is 419 g/mol. The lowest BCUT2D eigenvalue weighted by molar-refractivity contribution is 0.231. The van der Waals surface area contributed by atoms with E-state index < -0.39 is 0 Å². The normalized spacial score (nSPS) is 17.4. The Bertz CT molecular complexity index is 1060. The van der Waals surface area contributed by atoms with Crippen molar-refractivity contribution in [1.29, 1.82) is 0 Å². The topological polar surface area (TPSA) is 49.2 Å². The molecule has 1 N–H and O–H groups in total. The predicted molar refractivity (Wildman–Crippen MR) is 121 cm³/mol. The molecule has 5 rings (SSSR count). The van der Waals surface area contributed by atoms with Gasteiger partial charge in [0.15, 0.2) is 5.82 Å². The fraction of sp³-hybridized carbons (Fsp3) is 0.360. The van der Waals surface area contributed by atoms with Crippen molar-refractivity contribution in [3.63, 3.8) is 0 Å². The van der Waals surface area contributed by atoms with Gasteiger partial charge in [-0.25, -0.2) is 9.97 Å². The van der Waals surface area contributed by atoms with Crippen molar-refractivity contribution in [3.05, 3.63) is 76.1 Å². The fourth-order valence-electron chi connectivity index (χ4n) is 5.13. The number of aliphatic hydroxyl groups is 1. The summed E-state index contributed by atoms with van der Waals surface area (Å²) in [6.45, 7) is 3.73. The number of anilines is 1. The van der Waals surface area contributed by atoms with E-state index in [2.05, 4.69) is 29.2 Å². The van der Waals surface area contributed by atoms with Crippen LogP contribution in [0, 0.1) is 12.3 Å². The van der Waals surface area contributed by atoms with Gasteiger partial charge in [-0.05, 0) is 55.2 Å². The third-order valence-electron chi connectivity index (χ3n) is 6.77. The first-order valence-electron chi connectivity index (χ1n) is 10.6. The zero-order valence-electron chi connectivity index (χ0n) is 17.2. The molecule has 0 amide bonds. The predicted octanol–water partition coefficient (Wildman–Crippen LogP) is 4.98. The van der Waals surface area contributed by atoms with E-state index in [1.165, 1.54) is 24.0 Å². The van der Waals surface area contributed by atoms with E-state index in [1.807, 2.05) is 31.2 Å². The molecule has 1 aromatic heterocycles. The van der Waals surface area contributed by atoms with Crippen LogP contribution in [-0.4, -0.2) is 28.2 Å². The number of hydrogen-bond donors (Lipinski definition) is 1. The number of aryl methyl sites for hydroxylation is 1. The molecule has 2 aromatic carbocycles. The van der Waals surface area contributed by atoms with Gasteiger partial charge in [-0.1, -0.05) is 54.1 Å². The highest BCUT2D eigenvalue weighted by atomic mass is 35.5. The molecule has 0 radical (unpaired) electrons. The van der Waals surface area contributed by atoms with Gasteiger partial charge in [-0.3, -0.25) is 0 Å². The first kappa shape index (κ1) is 19.5. The first-order chi connectivity index (χ1) is 14.6. The van der Waals surface area contributed by atoms with E-state index in [4.69, 9.17) is 21.6 Å². The minimum absolute atomic E-state index is 0.132. The standard InChI is InChI=1S/C25H26ClN3O/c1-17-23(20-8-4-5-9-21(20)26)28-22(16-30)24(27-17)29-12-10-25(11-13-29)14-18-6-2-3-7-19(18)15-25/h2-9,30H,10-16H2,1H3. The highest BCUT2D eigenvalue weighted by Crippen LogP contribution is 2.45. The molecule has 0 saturated carbocycles. The van der Waals surface area contributed by atoms with Crippen LogP contribution in [0.2, 0.25) is 5.02 Å². The van der Waals surface area contributed by atoms with Crippen molar-refractivity contribution < 1.29 is 5.11 Å². The highest BCUT2D eigenvalue weighted by molar-refractivity contribution is 6.33. The summed E-state index contributed by atoms with van der Waals surface area (Å²) in [5.41, 5.74) is 6.47. The van der Waals surface area contributed by atoms with Crippen molar-refractivity contribution in [2.45, 2.75) is 39.2 Å². The summed E-state index contributed by atoms with van der Waals surface area (Å²) in [7, 11) is 0. The molecule has 0 bridgehead atoms. The molecule has 0 unspecified atom stereocenters. The zero-order valence-corrected chi connectivity index (χ0v) is 18.0. The lowest BCUT2D eigenvalue weighted by atomic mass is 9.76. The summed E-state index contributed by atoms with van der Waals surface area (Å²) in [6.07, 6.45) is 4.64. The molecule has 1 saturated heterocycles. The smallest absolute Gasteiger partial charge is 0.153 e. The molecule has 2 aliphatic rings. The Morgan fingerprint density at radius 3 is 2.23 bits per heavy atom. The minimum atomic E-state index is -0.132. The first-order valence-corrected chi connectivity index (χ1v) is 11.0. The van der Waals surface area contributed by atoms with Gasteiger partial charge in [0.1, 0.15) is 5.69 Å². The number of hydrogen-bond acceptors (Lipinski definition) is 4. The Morgan fingerprint density at radius 1 is 0.967 bits per heavy atom. The molecular weight excluding hydrogens is 394 g/mol. The molecule has 5 heteroatoms. The van der Waals surface area contributed by atoms with E-state index >= 15 is 0 Å². The van der Waals surface area contributed by atoms with Crippen molar-refractivity contribution in [3.8, 4) is 11.3 Å². The number of halogens is 1. The third-order valence-corrected chi connectivity index (χ3v) is 7.10. The summed E-state index contributed by atoms with van der Waals surface area (Å²) in [4.78, 5) is 12.0. The van der Waals surface area contributed by atoms with Crippen LogP contribution < -0.4 is 4.90 Å². The molecule has 30 heavy (non-hydrogen) atoms. The van der Waals surface area contributed by atoms with E-state index in [1.54, 1.807) is 0 Å².